The molecular weight excluding hydrogens is 294 g/mol. The second-order valence-electron chi connectivity index (χ2n) is 6.49. The third-order valence-corrected chi connectivity index (χ3v) is 4.61. The lowest BCUT2D eigenvalue weighted by molar-refractivity contribution is -0.132. The van der Waals surface area contributed by atoms with E-state index in [0.29, 0.717) is 19.0 Å². The van der Waals surface area contributed by atoms with E-state index in [-0.39, 0.29) is 17.6 Å². The summed E-state index contributed by atoms with van der Waals surface area (Å²) in [4.78, 5) is 25.8. The van der Waals surface area contributed by atoms with Crippen molar-refractivity contribution in [1.29, 1.82) is 0 Å². The number of likely N-dealkylation sites (tertiary alicyclic amines) is 1. The molecule has 1 aromatic heterocycles. The molecule has 0 spiro atoms. The third kappa shape index (κ3) is 4.82. The SMILES string of the molecule is O=C(NCCC(=O)N1CCC(NCC2CC2)CC1)c1ccco1. The van der Waals surface area contributed by atoms with Gasteiger partial charge in [0.2, 0.25) is 5.91 Å². The molecule has 23 heavy (non-hydrogen) atoms. The van der Waals surface area contributed by atoms with Gasteiger partial charge in [-0.2, -0.15) is 0 Å². The Balaban J connectivity index is 1.30. The number of nitrogens with one attached hydrogen (secondary N) is 2. The van der Waals surface area contributed by atoms with E-state index in [1.165, 1.54) is 19.1 Å². The van der Waals surface area contributed by atoms with Gasteiger partial charge in [-0.1, -0.05) is 0 Å². The molecule has 1 aliphatic heterocycles. The first kappa shape index (κ1) is 16.1. The average molecular weight is 319 g/mol. The van der Waals surface area contributed by atoms with Crippen LogP contribution in [0.1, 0.15) is 42.7 Å². The summed E-state index contributed by atoms with van der Waals surface area (Å²) < 4.78 is 5.01. The van der Waals surface area contributed by atoms with E-state index in [9.17, 15) is 9.59 Å². The Morgan fingerprint density at radius 3 is 2.65 bits per heavy atom. The molecule has 1 aliphatic carbocycles. The molecule has 2 amide bonds. The van der Waals surface area contributed by atoms with Crippen LogP contribution in [0.3, 0.4) is 0 Å². The van der Waals surface area contributed by atoms with Crippen LogP contribution in [0.5, 0.6) is 0 Å². The van der Waals surface area contributed by atoms with Crippen LogP contribution in [0.25, 0.3) is 0 Å². The van der Waals surface area contributed by atoms with Crippen molar-refractivity contribution in [2.75, 3.05) is 26.2 Å². The van der Waals surface area contributed by atoms with Crippen molar-refractivity contribution in [2.45, 2.75) is 38.1 Å². The molecule has 2 aliphatic rings. The van der Waals surface area contributed by atoms with Gasteiger partial charge in [0.1, 0.15) is 0 Å². The van der Waals surface area contributed by atoms with E-state index in [4.69, 9.17) is 4.42 Å². The van der Waals surface area contributed by atoms with Gasteiger partial charge in [0.05, 0.1) is 6.26 Å². The first-order valence-electron chi connectivity index (χ1n) is 8.55. The molecule has 2 fully saturated rings. The Hall–Kier alpha value is -1.82. The Morgan fingerprint density at radius 2 is 2.00 bits per heavy atom. The van der Waals surface area contributed by atoms with Gasteiger partial charge in [-0.3, -0.25) is 9.59 Å². The molecule has 0 atom stereocenters. The summed E-state index contributed by atoms with van der Waals surface area (Å²) in [5.74, 6) is 1.02. The quantitative estimate of drug-likeness (QED) is 0.796. The lowest BCUT2D eigenvalue weighted by Crippen LogP contribution is -2.46. The van der Waals surface area contributed by atoms with Crippen LogP contribution in [0, 0.1) is 5.92 Å². The van der Waals surface area contributed by atoms with Crippen molar-refractivity contribution < 1.29 is 14.0 Å². The van der Waals surface area contributed by atoms with Gasteiger partial charge in [0.15, 0.2) is 5.76 Å². The van der Waals surface area contributed by atoms with E-state index >= 15 is 0 Å². The summed E-state index contributed by atoms with van der Waals surface area (Å²) in [7, 11) is 0. The van der Waals surface area contributed by atoms with Gasteiger partial charge in [0.25, 0.3) is 5.91 Å². The minimum Gasteiger partial charge on any atom is -0.459 e. The van der Waals surface area contributed by atoms with Gasteiger partial charge in [-0.05, 0) is 50.3 Å². The number of rotatable bonds is 7. The maximum atomic E-state index is 12.2. The molecule has 6 heteroatoms. The zero-order valence-corrected chi connectivity index (χ0v) is 13.4. The smallest absolute Gasteiger partial charge is 0.286 e. The normalized spacial score (nSPS) is 18.9. The van der Waals surface area contributed by atoms with Crippen molar-refractivity contribution in [3.63, 3.8) is 0 Å². The Kier molecular flexibility index (Phi) is 5.33. The van der Waals surface area contributed by atoms with Gasteiger partial charge >= 0.3 is 0 Å². The fourth-order valence-corrected chi connectivity index (χ4v) is 2.92. The number of carbonyl (C=O) groups excluding carboxylic acids is 2. The highest BCUT2D eigenvalue weighted by molar-refractivity contribution is 5.91. The summed E-state index contributed by atoms with van der Waals surface area (Å²) in [5, 5.41) is 6.32. The number of furan rings is 1. The van der Waals surface area contributed by atoms with Gasteiger partial charge < -0.3 is 20.0 Å². The zero-order valence-electron chi connectivity index (χ0n) is 13.4. The molecule has 0 unspecified atom stereocenters. The third-order valence-electron chi connectivity index (χ3n) is 4.61. The molecule has 3 rings (SSSR count). The molecule has 126 valence electrons. The first-order valence-corrected chi connectivity index (χ1v) is 8.55. The van der Waals surface area contributed by atoms with Crippen molar-refractivity contribution in [3.8, 4) is 0 Å². The summed E-state index contributed by atoms with van der Waals surface area (Å²) in [5.41, 5.74) is 0. The largest absolute Gasteiger partial charge is 0.459 e. The number of carbonyl (C=O) groups is 2. The highest BCUT2D eigenvalue weighted by Crippen LogP contribution is 2.28. The van der Waals surface area contributed by atoms with E-state index in [2.05, 4.69) is 10.6 Å². The minimum atomic E-state index is -0.272. The fourth-order valence-electron chi connectivity index (χ4n) is 2.92. The van der Waals surface area contributed by atoms with Crippen LogP contribution in [0.4, 0.5) is 0 Å². The highest BCUT2D eigenvalue weighted by Gasteiger charge is 2.25. The van der Waals surface area contributed by atoms with Crippen molar-refractivity contribution in [2.24, 2.45) is 5.92 Å². The number of hydrogen-bond donors (Lipinski definition) is 2. The van der Waals surface area contributed by atoms with Crippen molar-refractivity contribution >= 4 is 11.8 Å². The topological polar surface area (TPSA) is 74.6 Å². The summed E-state index contributed by atoms with van der Waals surface area (Å²) in [6.07, 6.45) is 6.59. The Labute approximate surface area is 136 Å². The first-order chi connectivity index (χ1) is 11.2. The second-order valence-corrected chi connectivity index (χ2v) is 6.49. The van der Waals surface area contributed by atoms with Crippen LogP contribution in [-0.4, -0.2) is 48.9 Å². The van der Waals surface area contributed by atoms with E-state index in [1.54, 1.807) is 12.1 Å². The van der Waals surface area contributed by atoms with Crippen LogP contribution < -0.4 is 10.6 Å². The molecule has 0 aromatic carbocycles. The van der Waals surface area contributed by atoms with Gasteiger partial charge in [0, 0.05) is 32.1 Å². The van der Waals surface area contributed by atoms with Crippen molar-refractivity contribution in [1.82, 2.24) is 15.5 Å². The molecule has 1 saturated carbocycles. The van der Waals surface area contributed by atoms with E-state index < -0.39 is 0 Å². The maximum absolute atomic E-state index is 12.2. The highest BCUT2D eigenvalue weighted by atomic mass is 16.3. The van der Waals surface area contributed by atoms with Crippen LogP contribution >= 0.6 is 0 Å². The molecule has 0 bridgehead atoms. The molecule has 2 N–H and O–H groups in total. The molecule has 6 nitrogen and oxygen atoms in total. The van der Waals surface area contributed by atoms with Gasteiger partial charge in [-0.15, -0.1) is 0 Å². The summed E-state index contributed by atoms with van der Waals surface area (Å²) in [6.45, 7) is 3.11. The number of hydrogen-bond acceptors (Lipinski definition) is 4. The number of nitrogens with zero attached hydrogens (tertiary/aromatic N) is 1. The lowest BCUT2D eigenvalue weighted by Gasteiger charge is -2.32. The average Bonchev–Trinajstić information content (AvgIpc) is 3.24. The van der Waals surface area contributed by atoms with Gasteiger partial charge in [-0.25, -0.2) is 0 Å². The standard InChI is InChI=1S/C17H25N3O3/c21-16(5-8-18-17(22)15-2-1-11-23-15)20-9-6-14(7-10-20)19-12-13-3-4-13/h1-2,11,13-14,19H,3-10,12H2,(H,18,22). The summed E-state index contributed by atoms with van der Waals surface area (Å²) >= 11 is 0. The van der Waals surface area contributed by atoms with Crippen molar-refractivity contribution in [3.05, 3.63) is 24.2 Å². The fraction of sp³-hybridized carbons (Fsp3) is 0.647. The van der Waals surface area contributed by atoms with Crippen LogP contribution in [0.15, 0.2) is 22.8 Å². The summed E-state index contributed by atoms with van der Waals surface area (Å²) in [6, 6.07) is 3.83. The number of amides is 2. The predicted molar refractivity (Wildman–Crippen MR) is 86.0 cm³/mol. The number of piperidine rings is 1. The molecular formula is C17H25N3O3. The second kappa shape index (κ2) is 7.64. The Bertz CT molecular complexity index is 517. The van der Waals surface area contributed by atoms with Crippen LogP contribution in [0.2, 0.25) is 0 Å². The predicted octanol–water partition coefficient (Wildman–Crippen LogP) is 1.39. The minimum absolute atomic E-state index is 0.116. The molecule has 2 heterocycles. The van der Waals surface area contributed by atoms with E-state index in [0.717, 1.165) is 38.4 Å². The lowest BCUT2D eigenvalue weighted by atomic mass is 10.0. The monoisotopic (exact) mass is 319 g/mol. The zero-order chi connectivity index (χ0) is 16.1. The Morgan fingerprint density at radius 1 is 1.22 bits per heavy atom. The molecule has 0 radical (unpaired) electrons. The molecule has 1 aromatic rings. The van der Waals surface area contributed by atoms with Crippen LogP contribution in [-0.2, 0) is 4.79 Å². The molecule has 1 saturated heterocycles. The maximum Gasteiger partial charge on any atom is 0.286 e. The van der Waals surface area contributed by atoms with E-state index in [1.807, 2.05) is 4.90 Å².